The SMILES string of the molecule is CC(CNCC1(O)CCOCC1)C(N)=O. The molecule has 1 fully saturated rings. The van der Waals surface area contributed by atoms with Crippen molar-refractivity contribution in [2.45, 2.75) is 25.4 Å². The molecule has 1 amide bonds. The van der Waals surface area contributed by atoms with Gasteiger partial charge in [0, 0.05) is 45.1 Å². The van der Waals surface area contributed by atoms with E-state index in [0.29, 0.717) is 39.1 Å². The summed E-state index contributed by atoms with van der Waals surface area (Å²) >= 11 is 0. The molecule has 4 N–H and O–H groups in total. The molecule has 1 rings (SSSR count). The quantitative estimate of drug-likeness (QED) is 0.564. The molecule has 1 aliphatic rings. The fourth-order valence-corrected chi connectivity index (χ4v) is 1.55. The number of ether oxygens (including phenoxy) is 1. The molecule has 1 aliphatic heterocycles. The normalized spacial score (nSPS) is 22.3. The van der Waals surface area contributed by atoms with Crippen molar-refractivity contribution in [3.8, 4) is 0 Å². The summed E-state index contributed by atoms with van der Waals surface area (Å²) in [5.41, 5.74) is 4.44. The Kier molecular flexibility index (Phi) is 4.50. The number of nitrogens with two attached hydrogens (primary N) is 1. The van der Waals surface area contributed by atoms with Crippen LogP contribution in [0.4, 0.5) is 0 Å². The fourth-order valence-electron chi connectivity index (χ4n) is 1.55. The molecule has 0 radical (unpaired) electrons. The lowest BCUT2D eigenvalue weighted by Crippen LogP contribution is -2.46. The van der Waals surface area contributed by atoms with Gasteiger partial charge in [0.25, 0.3) is 0 Å². The van der Waals surface area contributed by atoms with E-state index in [1.165, 1.54) is 0 Å². The van der Waals surface area contributed by atoms with Crippen LogP contribution >= 0.6 is 0 Å². The second kappa shape index (κ2) is 5.44. The fraction of sp³-hybridized carbons (Fsp3) is 0.900. The molecule has 0 spiro atoms. The van der Waals surface area contributed by atoms with E-state index in [1.54, 1.807) is 6.92 Å². The van der Waals surface area contributed by atoms with Gasteiger partial charge in [0.2, 0.25) is 5.91 Å². The van der Waals surface area contributed by atoms with E-state index in [9.17, 15) is 9.90 Å². The third-order valence-corrected chi connectivity index (χ3v) is 2.81. The molecule has 1 atom stereocenters. The van der Waals surface area contributed by atoms with Crippen LogP contribution in [0, 0.1) is 5.92 Å². The number of carbonyl (C=O) groups is 1. The Hall–Kier alpha value is -0.650. The topological polar surface area (TPSA) is 84.6 Å². The van der Waals surface area contributed by atoms with E-state index >= 15 is 0 Å². The summed E-state index contributed by atoms with van der Waals surface area (Å²) in [5.74, 6) is -0.519. The summed E-state index contributed by atoms with van der Waals surface area (Å²) in [6.45, 7) is 3.98. The van der Waals surface area contributed by atoms with Gasteiger partial charge in [-0.3, -0.25) is 4.79 Å². The number of hydrogen-bond donors (Lipinski definition) is 3. The van der Waals surface area contributed by atoms with Gasteiger partial charge in [-0.15, -0.1) is 0 Å². The maximum Gasteiger partial charge on any atom is 0.221 e. The molecule has 0 bridgehead atoms. The van der Waals surface area contributed by atoms with E-state index in [2.05, 4.69) is 5.32 Å². The maximum absolute atomic E-state index is 10.8. The standard InChI is InChI=1S/C10H20N2O3/c1-8(9(11)13)6-12-7-10(14)2-4-15-5-3-10/h8,12,14H,2-7H2,1H3,(H2,11,13). The highest BCUT2D eigenvalue weighted by atomic mass is 16.5. The molecule has 0 aromatic rings. The van der Waals surface area contributed by atoms with Crippen LogP contribution in [0.5, 0.6) is 0 Å². The predicted molar refractivity (Wildman–Crippen MR) is 56.2 cm³/mol. The van der Waals surface area contributed by atoms with Crippen LogP contribution in [-0.2, 0) is 9.53 Å². The van der Waals surface area contributed by atoms with E-state index in [4.69, 9.17) is 10.5 Å². The van der Waals surface area contributed by atoms with E-state index < -0.39 is 5.60 Å². The second-order valence-electron chi connectivity index (χ2n) is 4.27. The van der Waals surface area contributed by atoms with Crippen molar-refractivity contribution < 1.29 is 14.6 Å². The van der Waals surface area contributed by atoms with Crippen LogP contribution in [0.2, 0.25) is 0 Å². The highest BCUT2D eigenvalue weighted by Gasteiger charge is 2.29. The van der Waals surface area contributed by atoms with E-state index in [0.717, 1.165) is 0 Å². The zero-order chi connectivity index (χ0) is 11.3. The van der Waals surface area contributed by atoms with Crippen LogP contribution in [0.25, 0.3) is 0 Å². The van der Waals surface area contributed by atoms with Gasteiger partial charge in [0.1, 0.15) is 0 Å². The lowest BCUT2D eigenvalue weighted by Gasteiger charge is -2.32. The van der Waals surface area contributed by atoms with Gasteiger partial charge < -0.3 is 20.9 Å². The molecule has 15 heavy (non-hydrogen) atoms. The molecular formula is C10H20N2O3. The van der Waals surface area contributed by atoms with E-state index in [-0.39, 0.29) is 11.8 Å². The molecule has 1 unspecified atom stereocenters. The third-order valence-electron chi connectivity index (χ3n) is 2.81. The Bertz CT molecular complexity index is 215. The Morgan fingerprint density at radius 3 is 2.73 bits per heavy atom. The van der Waals surface area contributed by atoms with Gasteiger partial charge in [-0.25, -0.2) is 0 Å². The van der Waals surface area contributed by atoms with Crippen molar-refractivity contribution >= 4 is 5.91 Å². The van der Waals surface area contributed by atoms with Gasteiger partial charge in [-0.05, 0) is 0 Å². The Morgan fingerprint density at radius 2 is 2.20 bits per heavy atom. The number of hydrogen-bond acceptors (Lipinski definition) is 4. The van der Waals surface area contributed by atoms with Gasteiger partial charge >= 0.3 is 0 Å². The Morgan fingerprint density at radius 1 is 1.60 bits per heavy atom. The molecule has 1 heterocycles. The van der Waals surface area contributed by atoms with E-state index in [1.807, 2.05) is 0 Å². The average molecular weight is 216 g/mol. The van der Waals surface area contributed by atoms with Crippen molar-refractivity contribution in [1.82, 2.24) is 5.32 Å². The lowest BCUT2D eigenvalue weighted by molar-refractivity contribution is -0.121. The molecule has 0 aliphatic carbocycles. The number of carbonyl (C=O) groups excluding carboxylic acids is 1. The maximum atomic E-state index is 10.8. The minimum absolute atomic E-state index is 0.201. The first-order valence-electron chi connectivity index (χ1n) is 5.34. The highest BCUT2D eigenvalue weighted by molar-refractivity contribution is 5.76. The molecule has 5 nitrogen and oxygen atoms in total. The van der Waals surface area contributed by atoms with Crippen molar-refractivity contribution in [1.29, 1.82) is 0 Å². The first-order valence-corrected chi connectivity index (χ1v) is 5.34. The average Bonchev–Trinajstić information content (AvgIpc) is 2.18. The number of rotatable bonds is 5. The summed E-state index contributed by atoms with van der Waals surface area (Å²) in [6, 6.07) is 0. The first-order chi connectivity index (χ1) is 7.03. The molecule has 88 valence electrons. The molecule has 0 aromatic carbocycles. The summed E-state index contributed by atoms with van der Waals surface area (Å²) in [4.78, 5) is 10.8. The predicted octanol–water partition coefficient (Wildman–Crippen LogP) is -0.761. The van der Waals surface area contributed by atoms with Crippen molar-refractivity contribution in [2.75, 3.05) is 26.3 Å². The minimum Gasteiger partial charge on any atom is -0.388 e. The number of primary amides is 1. The van der Waals surface area contributed by atoms with Gasteiger partial charge in [0.05, 0.1) is 5.60 Å². The summed E-state index contributed by atoms with van der Waals surface area (Å²) < 4.78 is 5.17. The number of nitrogens with one attached hydrogen (secondary N) is 1. The van der Waals surface area contributed by atoms with Crippen LogP contribution in [0.15, 0.2) is 0 Å². The van der Waals surface area contributed by atoms with Crippen LogP contribution in [0.3, 0.4) is 0 Å². The number of amides is 1. The zero-order valence-electron chi connectivity index (χ0n) is 9.16. The molecule has 0 aromatic heterocycles. The summed E-state index contributed by atoms with van der Waals surface area (Å²) in [7, 11) is 0. The smallest absolute Gasteiger partial charge is 0.221 e. The molecule has 1 saturated heterocycles. The molecular weight excluding hydrogens is 196 g/mol. The molecule has 0 saturated carbocycles. The third kappa shape index (κ3) is 4.15. The second-order valence-corrected chi connectivity index (χ2v) is 4.27. The van der Waals surface area contributed by atoms with Gasteiger partial charge in [0.15, 0.2) is 0 Å². The largest absolute Gasteiger partial charge is 0.388 e. The summed E-state index contributed by atoms with van der Waals surface area (Å²) in [6.07, 6.45) is 1.29. The van der Waals surface area contributed by atoms with Crippen LogP contribution in [-0.4, -0.2) is 42.9 Å². The first kappa shape index (κ1) is 12.4. The monoisotopic (exact) mass is 216 g/mol. The Labute approximate surface area is 90.0 Å². The van der Waals surface area contributed by atoms with Crippen LogP contribution < -0.4 is 11.1 Å². The Balaban J connectivity index is 2.21. The lowest BCUT2D eigenvalue weighted by atomic mass is 9.94. The zero-order valence-corrected chi connectivity index (χ0v) is 9.16. The summed E-state index contributed by atoms with van der Waals surface area (Å²) in [5, 5.41) is 13.1. The number of aliphatic hydroxyl groups is 1. The minimum atomic E-state index is -0.685. The van der Waals surface area contributed by atoms with Gasteiger partial charge in [-0.1, -0.05) is 6.92 Å². The highest BCUT2D eigenvalue weighted by Crippen LogP contribution is 2.19. The van der Waals surface area contributed by atoms with Crippen molar-refractivity contribution in [2.24, 2.45) is 11.7 Å². The van der Waals surface area contributed by atoms with Crippen molar-refractivity contribution in [3.63, 3.8) is 0 Å². The van der Waals surface area contributed by atoms with Crippen LogP contribution in [0.1, 0.15) is 19.8 Å². The molecule has 5 heteroatoms. The van der Waals surface area contributed by atoms with Gasteiger partial charge in [-0.2, -0.15) is 0 Å². The van der Waals surface area contributed by atoms with Crippen molar-refractivity contribution in [3.05, 3.63) is 0 Å².